The number of carbonyl (C=O) groups is 1. The summed E-state index contributed by atoms with van der Waals surface area (Å²) in [5.74, 6) is 1.20. The first-order valence-corrected chi connectivity index (χ1v) is 6.63. The van der Waals surface area contributed by atoms with Crippen molar-refractivity contribution in [1.29, 1.82) is 0 Å². The van der Waals surface area contributed by atoms with Gasteiger partial charge in [0.2, 0.25) is 5.91 Å². The number of hydrogen-bond acceptors (Lipinski definition) is 2. The van der Waals surface area contributed by atoms with E-state index in [4.69, 9.17) is 16.3 Å². The van der Waals surface area contributed by atoms with Gasteiger partial charge in [-0.3, -0.25) is 4.79 Å². The largest absolute Gasteiger partial charge is 0.495 e. The predicted molar refractivity (Wildman–Crippen MR) is 75.5 cm³/mol. The Morgan fingerprint density at radius 3 is 2.50 bits per heavy atom. The van der Waals surface area contributed by atoms with Crippen LogP contribution in [-0.4, -0.2) is 19.6 Å². The number of nitrogens with zero attached hydrogens (tertiary/aromatic N) is 1. The lowest BCUT2D eigenvalue weighted by atomic mass is 10.2. The van der Waals surface area contributed by atoms with Crippen LogP contribution >= 0.6 is 11.6 Å². The number of amides is 1. The first kappa shape index (κ1) is 14.8. The molecule has 1 amide bonds. The molecule has 0 radical (unpaired) electrons. The lowest BCUT2D eigenvalue weighted by Crippen LogP contribution is -2.24. The van der Waals surface area contributed by atoms with E-state index in [0.29, 0.717) is 23.1 Å². The molecule has 0 saturated carbocycles. The number of methoxy groups -OCH3 is 1. The van der Waals surface area contributed by atoms with E-state index in [1.807, 2.05) is 19.9 Å². The highest BCUT2D eigenvalue weighted by Crippen LogP contribution is 2.31. The summed E-state index contributed by atoms with van der Waals surface area (Å²) in [6, 6.07) is 5.42. The molecule has 0 aromatic heterocycles. The van der Waals surface area contributed by atoms with Gasteiger partial charge < -0.3 is 9.64 Å². The van der Waals surface area contributed by atoms with Crippen LogP contribution in [-0.2, 0) is 4.79 Å². The summed E-state index contributed by atoms with van der Waals surface area (Å²) in [6.45, 7) is 6.84. The summed E-state index contributed by atoms with van der Waals surface area (Å²) >= 11 is 6.03. The summed E-state index contributed by atoms with van der Waals surface area (Å²) in [7, 11) is 1.57. The smallest absolute Gasteiger partial charge is 0.227 e. The zero-order valence-electron chi connectivity index (χ0n) is 11.4. The van der Waals surface area contributed by atoms with Crippen molar-refractivity contribution in [2.24, 2.45) is 5.92 Å². The SMILES string of the molecule is CC.COc1ccc(N2CC(C)CC2=O)cc1Cl. The maximum atomic E-state index is 11.7. The molecule has 1 aliphatic heterocycles. The molecule has 0 aliphatic carbocycles. The summed E-state index contributed by atoms with van der Waals surface area (Å²) < 4.78 is 5.08. The standard InChI is InChI=1S/C12H14ClNO2.C2H6/c1-8-5-12(15)14(7-8)9-3-4-11(16-2)10(13)6-9;1-2/h3-4,6,8H,5,7H2,1-2H3;1-2H3. The quantitative estimate of drug-likeness (QED) is 0.818. The van der Waals surface area contributed by atoms with Crippen LogP contribution in [0.25, 0.3) is 0 Å². The van der Waals surface area contributed by atoms with Crippen molar-refractivity contribution in [3.05, 3.63) is 23.2 Å². The molecule has 1 unspecified atom stereocenters. The first-order valence-electron chi connectivity index (χ1n) is 6.25. The van der Waals surface area contributed by atoms with Gasteiger partial charge in [-0.25, -0.2) is 0 Å². The summed E-state index contributed by atoms with van der Waals surface area (Å²) in [6.07, 6.45) is 0.615. The minimum Gasteiger partial charge on any atom is -0.495 e. The van der Waals surface area contributed by atoms with Crippen molar-refractivity contribution in [2.45, 2.75) is 27.2 Å². The molecule has 3 nitrogen and oxygen atoms in total. The number of hydrogen-bond donors (Lipinski definition) is 0. The third kappa shape index (κ3) is 3.16. The van der Waals surface area contributed by atoms with E-state index in [9.17, 15) is 4.79 Å². The molecule has 1 heterocycles. The molecule has 0 spiro atoms. The summed E-state index contributed by atoms with van der Waals surface area (Å²) in [5.41, 5.74) is 0.847. The fraction of sp³-hybridized carbons (Fsp3) is 0.500. The Kier molecular flexibility index (Phi) is 5.48. The van der Waals surface area contributed by atoms with Crippen LogP contribution in [0, 0.1) is 5.92 Å². The first-order chi connectivity index (χ1) is 8.61. The minimum atomic E-state index is 0.161. The van der Waals surface area contributed by atoms with E-state index in [1.165, 1.54) is 0 Å². The monoisotopic (exact) mass is 269 g/mol. The molecule has 1 aromatic carbocycles. The number of rotatable bonds is 2. The van der Waals surface area contributed by atoms with Crippen LogP contribution in [0.5, 0.6) is 5.75 Å². The molecule has 1 saturated heterocycles. The molecule has 100 valence electrons. The highest BCUT2D eigenvalue weighted by atomic mass is 35.5. The van der Waals surface area contributed by atoms with E-state index in [-0.39, 0.29) is 5.91 Å². The Morgan fingerprint density at radius 1 is 1.39 bits per heavy atom. The molecule has 1 atom stereocenters. The summed E-state index contributed by atoms with van der Waals surface area (Å²) in [4.78, 5) is 13.5. The van der Waals surface area contributed by atoms with Crippen molar-refractivity contribution >= 4 is 23.2 Å². The van der Waals surface area contributed by atoms with Gasteiger partial charge in [0.15, 0.2) is 0 Å². The van der Waals surface area contributed by atoms with Crippen LogP contribution in [0.15, 0.2) is 18.2 Å². The van der Waals surface area contributed by atoms with Crippen molar-refractivity contribution in [3.8, 4) is 5.75 Å². The zero-order valence-corrected chi connectivity index (χ0v) is 12.1. The number of halogens is 1. The molecule has 1 aliphatic rings. The van der Waals surface area contributed by atoms with Gasteiger partial charge in [0, 0.05) is 18.7 Å². The van der Waals surface area contributed by atoms with Gasteiger partial charge in [0.05, 0.1) is 12.1 Å². The van der Waals surface area contributed by atoms with Gasteiger partial charge in [-0.1, -0.05) is 32.4 Å². The molecule has 4 heteroatoms. The molecule has 1 fully saturated rings. The third-order valence-corrected chi connectivity index (χ3v) is 3.06. The van der Waals surface area contributed by atoms with E-state index < -0.39 is 0 Å². The maximum absolute atomic E-state index is 11.7. The van der Waals surface area contributed by atoms with Gasteiger partial charge in [-0.2, -0.15) is 0 Å². The van der Waals surface area contributed by atoms with E-state index in [1.54, 1.807) is 24.1 Å². The molecule has 1 aromatic rings. The lowest BCUT2D eigenvalue weighted by Gasteiger charge is -2.17. The van der Waals surface area contributed by atoms with Crippen molar-refractivity contribution in [1.82, 2.24) is 0 Å². The normalized spacial score (nSPS) is 18.4. The Bertz CT molecular complexity index is 420. The highest BCUT2D eigenvalue weighted by molar-refractivity contribution is 6.32. The number of ether oxygens (including phenoxy) is 1. The van der Waals surface area contributed by atoms with Gasteiger partial charge in [-0.15, -0.1) is 0 Å². The number of benzene rings is 1. The molecule has 0 bridgehead atoms. The Labute approximate surface area is 114 Å². The van der Waals surface area contributed by atoms with Gasteiger partial charge >= 0.3 is 0 Å². The summed E-state index contributed by atoms with van der Waals surface area (Å²) in [5, 5.41) is 0.535. The van der Waals surface area contributed by atoms with Crippen molar-refractivity contribution in [2.75, 3.05) is 18.6 Å². The third-order valence-electron chi connectivity index (χ3n) is 2.77. The Hall–Kier alpha value is -1.22. The molecule has 18 heavy (non-hydrogen) atoms. The second-order valence-electron chi connectivity index (χ2n) is 4.13. The lowest BCUT2D eigenvalue weighted by molar-refractivity contribution is -0.117. The number of carbonyl (C=O) groups excluding carboxylic acids is 1. The maximum Gasteiger partial charge on any atom is 0.227 e. The Balaban J connectivity index is 0.000000771. The van der Waals surface area contributed by atoms with E-state index >= 15 is 0 Å². The van der Waals surface area contributed by atoms with E-state index in [2.05, 4.69) is 6.92 Å². The second kappa shape index (κ2) is 6.64. The zero-order chi connectivity index (χ0) is 13.7. The van der Waals surface area contributed by atoms with Crippen LogP contribution < -0.4 is 9.64 Å². The fourth-order valence-electron chi connectivity index (χ4n) is 1.96. The van der Waals surface area contributed by atoms with Crippen molar-refractivity contribution < 1.29 is 9.53 Å². The fourth-order valence-corrected chi connectivity index (χ4v) is 2.21. The van der Waals surface area contributed by atoms with E-state index in [0.717, 1.165) is 12.2 Å². The van der Waals surface area contributed by atoms with Gasteiger partial charge in [0.25, 0.3) is 0 Å². The average Bonchev–Trinajstić information content (AvgIpc) is 2.71. The van der Waals surface area contributed by atoms with Gasteiger partial charge in [-0.05, 0) is 24.1 Å². The average molecular weight is 270 g/mol. The highest BCUT2D eigenvalue weighted by Gasteiger charge is 2.27. The number of anilines is 1. The molecule has 2 rings (SSSR count). The van der Waals surface area contributed by atoms with Crippen LogP contribution in [0.1, 0.15) is 27.2 Å². The topological polar surface area (TPSA) is 29.5 Å². The Morgan fingerprint density at radius 2 is 2.06 bits per heavy atom. The predicted octanol–water partition coefficient (Wildman–Crippen LogP) is 3.75. The van der Waals surface area contributed by atoms with Crippen LogP contribution in [0.3, 0.4) is 0 Å². The minimum absolute atomic E-state index is 0.161. The van der Waals surface area contributed by atoms with Gasteiger partial charge in [0.1, 0.15) is 5.75 Å². The molecular formula is C14H20ClNO2. The van der Waals surface area contributed by atoms with Crippen molar-refractivity contribution in [3.63, 3.8) is 0 Å². The molecular weight excluding hydrogens is 250 g/mol. The van der Waals surface area contributed by atoms with Crippen LogP contribution in [0.4, 0.5) is 5.69 Å². The molecule has 0 N–H and O–H groups in total. The second-order valence-corrected chi connectivity index (χ2v) is 4.54. The van der Waals surface area contributed by atoms with Crippen LogP contribution in [0.2, 0.25) is 5.02 Å².